The van der Waals surface area contributed by atoms with Gasteiger partial charge in [-0.15, -0.1) is 4.91 Å². The highest BCUT2D eigenvalue weighted by molar-refractivity contribution is 5.82. The first-order valence-electron chi connectivity index (χ1n) is 8.75. The summed E-state index contributed by atoms with van der Waals surface area (Å²) in [5, 5.41) is 13.2. The highest BCUT2D eigenvalue weighted by Crippen LogP contribution is 2.41. The smallest absolute Gasteiger partial charge is 0.330 e. The van der Waals surface area contributed by atoms with Crippen molar-refractivity contribution in [3.63, 3.8) is 0 Å². The third kappa shape index (κ3) is 5.96. The van der Waals surface area contributed by atoms with Crippen LogP contribution in [-0.4, -0.2) is 29.8 Å². The summed E-state index contributed by atoms with van der Waals surface area (Å²) < 4.78 is 4.51. The molecule has 5 nitrogen and oxygen atoms in total. The van der Waals surface area contributed by atoms with Gasteiger partial charge in [-0.05, 0) is 67.8 Å². The summed E-state index contributed by atoms with van der Waals surface area (Å²) in [6.45, 7) is 9.66. The molecule has 0 bridgehead atoms. The summed E-state index contributed by atoms with van der Waals surface area (Å²) in [5.74, 6) is 4.74. The van der Waals surface area contributed by atoms with E-state index in [0.717, 1.165) is 19.3 Å². The Morgan fingerprint density at radius 3 is 2.65 bits per heavy atom. The van der Waals surface area contributed by atoms with Gasteiger partial charge in [-0.3, -0.25) is 0 Å². The Bertz CT molecular complexity index is 703. The summed E-state index contributed by atoms with van der Waals surface area (Å²) >= 11 is 0. The number of nitroso groups, excluding NO2 is 1. The van der Waals surface area contributed by atoms with E-state index in [1.807, 2.05) is 6.08 Å². The fourth-order valence-corrected chi connectivity index (χ4v) is 3.00. The number of aliphatic hydroxyl groups excluding tert-OH is 1. The van der Waals surface area contributed by atoms with E-state index in [1.54, 1.807) is 19.9 Å². The van der Waals surface area contributed by atoms with Crippen LogP contribution in [0.4, 0.5) is 0 Å². The number of nitrogens with zero attached hydrogens (tertiary/aromatic N) is 1. The lowest BCUT2D eigenvalue weighted by atomic mass is 9.72. The molecule has 0 fully saturated rings. The van der Waals surface area contributed by atoms with Gasteiger partial charge in [-0.2, -0.15) is 0 Å². The lowest BCUT2D eigenvalue weighted by Gasteiger charge is -2.33. The van der Waals surface area contributed by atoms with Crippen molar-refractivity contribution >= 4 is 5.97 Å². The van der Waals surface area contributed by atoms with E-state index in [-0.39, 0.29) is 5.41 Å². The number of methoxy groups -OCH3 is 1. The molecule has 0 spiro atoms. The maximum atomic E-state index is 11.4. The number of ether oxygens (including phenoxy) is 1. The van der Waals surface area contributed by atoms with Crippen molar-refractivity contribution in [2.45, 2.75) is 65.5 Å². The molecule has 1 N–H and O–H groups in total. The van der Waals surface area contributed by atoms with E-state index in [2.05, 4.69) is 42.5 Å². The summed E-state index contributed by atoms with van der Waals surface area (Å²) in [6, 6.07) is 0. The molecule has 1 aliphatic carbocycles. The van der Waals surface area contributed by atoms with E-state index < -0.39 is 17.6 Å². The molecule has 0 heterocycles. The predicted molar refractivity (Wildman–Crippen MR) is 103 cm³/mol. The second kappa shape index (κ2) is 8.95. The number of carbonyl (C=O) groups excluding carboxylic acids is 1. The van der Waals surface area contributed by atoms with Crippen molar-refractivity contribution in [1.29, 1.82) is 0 Å². The normalized spacial score (nSPS) is 20.8. The van der Waals surface area contributed by atoms with Crippen LogP contribution in [0.15, 0.2) is 40.1 Å². The highest BCUT2D eigenvalue weighted by Gasteiger charge is 2.28. The first-order chi connectivity index (χ1) is 12.0. The van der Waals surface area contributed by atoms with Crippen LogP contribution in [0, 0.1) is 22.2 Å². The van der Waals surface area contributed by atoms with Crippen LogP contribution in [0.1, 0.15) is 53.9 Å². The van der Waals surface area contributed by atoms with Crippen molar-refractivity contribution in [1.82, 2.24) is 0 Å². The Morgan fingerprint density at radius 1 is 1.46 bits per heavy atom. The van der Waals surface area contributed by atoms with Crippen molar-refractivity contribution in [2.24, 2.45) is 10.6 Å². The molecule has 142 valence electrons. The summed E-state index contributed by atoms with van der Waals surface area (Å²) in [4.78, 5) is 22.6. The van der Waals surface area contributed by atoms with Crippen LogP contribution in [0.5, 0.6) is 0 Å². The van der Waals surface area contributed by atoms with Crippen LogP contribution < -0.4 is 0 Å². The average Bonchev–Trinajstić information content (AvgIpc) is 2.58. The predicted octanol–water partition coefficient (Wildman–Crippen LogP) is 4.08. The Balaban J connectivity index is 3.05. The van der Waals surface area contributed by atoms with Crippen molar-refractivity contribution in [2.75, 3.05) is 7.11 Å². The highest BCUT2D eigenvalue weighted by atomic mass is 16.5. The third-order valence-electron chi connectivity index (χ3n) is 4.75. The first-order valence-corrected chi connectivity index (χ1v) is 8.75. The second-order valence-corrected chi connectivity index (χ2v) is 7.59. The topological polar surface area (TPSA) is 76.0 Å². The Kier molecular flexibility index (Phi) is 7.53. The number of hydrogen-bond donors (Lipinski definition) is 1. The van der Waals surface area contributed by atoms with Crippen LogP contribution in [-0.2, 0) is 9.53 Å². The van der Waals surface area contributed by atoms with E-state index >= 15 is 0 Å². The minimum atomic E-state index is -1.26. The van der Waals surface area contributed by atoms with Gasteiger partial charge in [-0.25, -0.2) is 4.79 Å². The largest absolute Gasteiger partial charge is 0.466 e. The lowest BCUT2D eigenvalue weighted by Crippen LogP contribution is -2.21. The summed E-state index contributed by atoms with van der Waals surface area (Å²) in [5.41, 5.74) is 1.66. The summed E-state index contributed by atoms with van der Waals surface area (Å²) in [7, 11) is 1.26. The van der Waals surface area contributed by atoms with Crippen LogP contribution in [0.3, 0.4) is 0 Å². The van der Waals surface area contributed by atoms with Crippen LogP contribution >= 0.6 is 0 Å². The molecule has 0 aliphatic heterocycles. The minimum Gasteiger partial charge on any atom is -0.466 e. The molecule has 1 rings (SSSR count). The SMILES string of the molecule is COC(=O)/C=C(/C)C(O)C#CC(C)(/C=C/C1=C(C)CCCC1(C)C)N=O. The zero-order valence-corrected chi connectivity index (χ0v) is 16.5. The molecule has 2 unspecified atom stereocenters. The number of esters is 1. The number of carbonyl (C=O) groups is 1. The van der Waals surface area contributed by atoms with Crippen molar-refractivity contribution in [3.05, 3.63) is 39.9 Å². The van der Waals surface area contributed by atoms with E-state index in [1.165, 1.54) is 24.3 Å². The number of hydrogen-bond acceptors (Lipinski definition) is 5. The van der Waals surface area contributed by atoms with Gasteiger partial charge in [0.05, 0.1) is 7.11 Å². The van der Waals surface area contributed by atoms with Crippen molar-refractivity contribution in [3.8, 4) is 11.8 Å². The van der Waals surface area contributed by atoms with Crippen molar-refractivity contribution < 1.29 is 14.6 Å². The zero-order chi connectivity index (χ0) is 20.0. The van der Waals surface area contributed by atoms with Gasteiger partial charge in [0.1, 0.15) is 6.10 Å². The number of aliphatic hydroxyl groups is 1. The monoisotopic (exact) mass is 359 g/mol. The lowest BCUT2D eigenvalue weighted by molar-refractivity contribution is -0.134. The molecule has 0 amide bonds. The molecule has 0 aromatic heterocycles. The van der Waals surface area contributed by atoms with Crippen LogP contribution in [0.25, 0.3) is 0 Å². The minimum absolute atomic E-state index is 0.0510. The quantitative estimate of drug-likeness (QED) is 0.347. The maximum absolute atomic E-state index is 11.4. The zero-order valence-electron chi connectivity index (χ0n) is 16.5. The molecule has 2 atom stereocenters. The fourth-order valence-electron chi connectivity index (χ4n) is 3.00. The Labute approximate surface area is 156 Å². The first kappa shape index (κ1) is 21.9. The molecule has 1 aliphatic rings. The van der Waals surface area contributed by atoms with Gasteiger partial charge in [0.15, 0.2) is 5.54 Å². The molecule has 5 heteroatoms. The van der Waals surface area contributed by atoms with E-state index in [0.29, 0.717) is 5.57 Å². The standard InChI is InChI=1S/C21H29NO4/c1-15-8-7-11-20(3,4)17(15)9-12-21(5,22-25)13-10-18(23)16(2)14-19(24)26-6/h9,12,14,18,23H,7-8,11H2,1-6H3/b12-9+,16-14-. The molecular formula is C21H29NO4. The Morgan fingerprint density at radius 2 is 2.12 bits per heavy atom. The van der Waals surface area contributed by atoms with Gasteiger partial charge in [0, 0.05) is 6.08 Å². The molecule has 26 heavy (non-hydrogen) atoms. The van der Waals surface area contributed by atoms with Gasteiger partial charge < -0.3 is 9.84 Å². The molecule has 0 saturated heterocycles. The van der Waals surface area contributed by atoms with Gasteiger partial charge in [-0.1, -0.05) is 37.3 Å². The number of allylic oxidation sites excluding steroid dienone is 3. The summed E-state index contributed by atoms with van der Waals surface area (Å²) in [6.07, 6.45) is 6.93. The Hall–Kier alpha value is -2.19. The molecule has 0 aromatic carbocycles. The second-order valence-electron chi connectivity index (χ2n) is 7.59. The molecular weight excluding hydrogens is 330 g/mol. The van der Waals surface area contributed by atoms with Gasteiger partial charge in [0.25, 0.3) is 0 Å². The molecule has 0 saturated carbocycles. The van der Waals surface area contributed by atoms with E-state index in [4.69, 9.17) is 0 Å². The van der Waals surface area contributed by atoms with Gasteiger partial charge in [0.2, 0.25) is 0 Å². The molecule has 0 aromatic rings. The number of rotatable bonds is 5. The third-order valence-corrected chi connectivity index (χ3v) is 4.75. The molecule has 0 radical (unpaired) electrons. The average molecular weight is 359 g/mol. The van der Waals surface area contributed by atoms with Gasteiger partial charge >= 0.3 is 5.97 Å². The fraction of sp³-hybridized carbons (Fsp3) is 0.571. The maximum Gasteiger partial charge on any atom is 0.330 e. The van der Waals surface area contributed by atoms with Crippen LogP contribution in [0.2, 0.25) is 0 Å². The van der Waals surface area contributed by atoms with E-state index in [9.17, 15) is 14.8 Å².